The lowest BCUT2D eigenvalue weighted by atomic mass is 9.97. The van der Waals surface area contributed by atoms with Gasteiger partial charge in [-0.15, -0.1) is 11.3 Å². The number of aryl methyl sites for hydroxylation is 1. The van der Waals surface area contributed by atoms with Crippen LogP contribution >= 0.6 is 11.3 Å². The van der Waals surface area contributed by atoms with Crippen molar-refractivity contribution in [2.45, 2.75) is 26.7 Å². The number of hydrogen-bond acceptors (Lipinski definition) is 3. The Labute approximate surface area is 104 Å². The minimum atomic E-state index is -0.770. The van der Waals surface area contributed by atoms with Gasteiger partial charge in [0.2, 0.25) is 0 Å². The maximum Gasteiger partial charge on any atom is 0.306 e. The quantitative estimate of drug-likeness (QED) is 0.906. The van der Waals surface area contributed by atoms with E-state index >= 15 is 0 Å². The molecule has 2 aromatic rings. The van der Waals surface area contributed by atoms with Crippen LogP contribution in [0.5, 0.6) is 0 Å². The molecule has 4 heteroatoms. The maximum atomic E-state index is 11.0. The summed E-state index contributed by atoms with van der Waals surface area (Å²) in [6.07, 6.45) is 0. The van der Waals surface area contributed by atoms with E-state index in [4.69, 9.17) is 5.11 Å². The van der Waals surface area contributed by atoms with Crippen LogP contribution in [0.3, 0.4) is 0 Å². The van der Waals surface area contributed by atoms with Crippen LogP contribution in [0.25, 0.3) is 10.2 Å². The van der Waals surface area contributed by atoms with Gasteiger partial charge in [0.05, 0.1) is 21.1 Å². The summed E-state index contributed by atoms with van der Waals surface area (Å²) in [6.45, 7) is 5.68. The first-order valence-corrected chi connectivity index (χ1v) is 6.40. The predicted molar refractivity (Wildman–Crippen MR) is 69.6 cm³/mol. The predicted octanol–water partition coefficient (Wildman–Crippen LogP) is 3.43. The Morgan fingerprint density at radius 2 is 2.12 bits per heavy atom. The molecule has 2 unspecified atom stereocenters. The first kappa shape index (κ1) is 12.0. The SMILES string of the molecule is Cc1ccc2sc(C(C)C(C)C(=O)O)nc2c1. The number of thiazole rings is 1. The first-order chi connectivity index (χ1) is 7.99. The summed E-state index contributed by atoms with van der Waals surface area (Å²) >= 11 is 1.59. The molecule has 0 radical (unpaired) electrons. The number of aromatic nitrogens is 1. The molecule has 0 aliphatic carbocycles. The van der Waals surface area contributed by atoms with Crippen LogP contribution in [0.15, 0.2) is 18.2 Å². The second-order valence-corrected chi connectivity index (χ2v) is 5.50. The average Bonchev–Trinajstić information content (AvgIpc) is 2.69. The second-order valence-electron chi connectivity index (χ2n) is 4.44. The molecule has 0 aliphatic rings. The van der Waals surface area contributed by atoms with Crippen molar-refractivity contribution in [1.29, 1.82) is 0 Å². The van der Waals surface area contributed by atoms with Crippen molar-refractivity contribution >= 4 is 27.5 Å². The van der Waals surface area contributed by atoms with Crippen LogP contribution in [0.2, 0.25) is 0 Å². The van der Waals surface area contributed by atoms with Gasteiger partial charge in [-0.05, 0) is 24.6 Å². The van der Waals surface area contributed by atoms with Crippen LogP contribution in [0, 0.1) is 12.8 Å². The summed E-state index contributed by atoms with van der Waals surface area (Å²) in [4.78, 5) is 15.5. The fourth-order valence-corrected chi connectivity index (χ4v) is 2.78. The van der Waals surface area contributed by atoms with E-state index in [1.54, 1.807) is 18.3 Å². The third kappa shape index (κ3) is 2.31. The average molecular weight is 249 g/mol. The lowest BCUT2D eigenvalue weighted by molar-refractivity contribution is -0.141. The number of nitrogens with zero attached hydrogens (tertiary/aromatic N) is 1. The highest BCUT2D eigenvalue weighted by Gasteiger charge is 2.23. The van der Waals surface area contributed by atoms with E-state index in [1.807, 2.05) is 26.0 Å². The number of carboxylic acid groups (broad SMARTS) is 1. The van der Waals surface area contributed by atoms with Gasteiger partial charge < -0.3 is 5.11 Å². The van der Waals surface area contributed by atoms with Crippen LogP contribution in [-0.4, -0.2) is 16.1 Å². The number of carbonyl (C=O) groups is 1. The van der Waals surface area contributed by atoms with Crippen molar-refractivity contribution in [2.24, 2.45) is 5.92 Å². The second kappa shape index (κ2) is 4.45. The summed E-state index contributed by atoms with van der Waals surface area (Å²) in [6, 6.07) is 6.13. The molecular weight excluding hydrogens is 234 g/mol. The van der Waals surface area contributed by atoms with Crippen LogP contribution in [-0.2, 0) is 4.79 Å². The van der Waals surface area contributed by atoms with Crippen molar-refractivity contribution in [1.82, 2.24) is 4.98 Å². The van der Waals surface area contributed by atoms with E-state index in [1.165, 1.54) is 5.56 Å². The molecule has 1 aromatic heterocycles. The highest BCUT2D eigenvalue weighted by molar-refractivity contribution is 7.18. The van der Waals surface area contributed by atoms with Gasteiger partial charge >= 0.3 is 5.97 Å². The van der Waals surface area contributed by atoms with Gasteiger partial charge in [-0.1, -0.05) is 19.9 Å². The Balaban J connectivity index is 2.39. The third-order valence-electron chi connectivity index (χ3n) is 3.09. The molecular formula is C13H15NO2S. The zero-order valence-corrected chi connectivity index (χ0v) is 10.9. The number of fused-ring (bicyclic) bond motifs is 1. The summed E-state index contributed by atoms with van der Waals surface area (Å²) in [5.41, 5.74) is 2.14. The Morgan fingerprint density at radius 3 is 2.76 bits per heavy atom. The monoisotopic (exact) mass is 249 g/mol. The zero-order valence-electron chi connectivity index (χ0n) is 10.1. The third-order valence-corrected chi connectivity index (χ3v) is 4.33. The Morgan fingerprint density at radius 1 is 1.41 bits per heavy atom. The van der Waals surface area contributed by atoms with Gasteiger partial charge in [0, 0.05) is 5.92 Å². The number of hydrogen-bond donors (Lipinski definition) is 1. The van der Waals surface area contributed by atoms with Crippen molar-refractivity contribution < 1.29 is 9.90 Å². The molecule has 0 aliphatic heterocycles. The molecule has 1 aromatic carbocycles. The van der Waals surface area contributed by atoms with E-state index in [0.717, 1.165) is 15.2 Å². The largest absolute Gasteiger partial charge is 0.481 e. The van der Waals surface area contributed by atoms with Crippen molar-refractivity contribution in [3.05, 3.63) is 28.8 Å². The molecule has 1 N–H and O–H groups in total. The zero-order chi connectivity index (χ0) is 12.6. The smallest absolute Gasteiger partial charge is 0.306 e. The summed E-state index contributed by atoms with van der Waals surface area (Å²) in [7, 11) is 0. The van der Waals surface area contributed by atoms with Crippen molar-refractivity contribution in [3.8, 4) is 0 Å². The molecule has 17 heavy (non-hydrogen) atoms. The minimum Gasteiger partial charge on any atom is -0.481 e. The van der Waals surface area contributed by atoms with E-state index in [9.17, 15) is 4.79 Å². The highest BCUT2D eigenvalue weighted by atomic mass is 32.1. The van der Waals surface area contributed by atoms with Gasteiger partial charge in [0.1, 0.15) is 0 Å². The normalized spacial score (nSPS) is 14.8. The van der Waals surface area contributed by atoms with E-state index in [2.05, 4.69) is 11.1 Å². The lowest BCUT2D eigenvalue weighted by Crippen LogP contribution is -2.16. The molecule has 0 amide bonds. The van der Waals surface area contributed by atoms with Gasteiger partial charge in [-0.25, -0.2) is 4.98 Å². The molecule has 0 spiro atoms. The number of benzene rings is 1. The van der Waals surface area contributed by atoms with Crippen LogP contribution in [0.1, 0.15) is 30.3 Å². The van der Waals surface area contributed by atoms with Gasteiger partial charge in [0.25, 0.3) is 0 Å². The summed E-state index contributed by atoms with van der Waals surface area (Å²) < 4.78 is 1.12. The summed E-state index contributed by atoms with van der Waals surface area (Å²) in [5, 5.41) is 9.91. The van der Waals surface area contributed by atoms with Crippen molar-refractivity contribution in [2.75, 3.05) is 0 Å². The van der Waals surface area contributed by atoms with Crippen molar-refractivity contribution in [3.63, 3.8) is 0 Å². The van der Waals surface area contributed by atoms with Gasteiger partial charge in [-0.3, -0.25) is 4.79 Å². The fraction of sp³-hybridized carbons (Fsp3) is 0.385. The molecule has 3 nitrogen and oxygen atoms in total. The van der Waals surface area contributed by atoms with E-state index in [-0.39, 0.29) is 5.92 Å². The number of aliphatic carboxylic acids is 1. The standard InChI is InChI=1S/C13H15NO2S/c1-7-4-5-11-10(6-7)14-12(17-11)8(2)9(3)13(15)16/h4-6,8-9H,1-3H3,(H,15,16). The molecule has 0 saturated carbocycles. The summed E-state index contributed by atoms with van der Waals surface area (Å²) in [5.74, 6) is -1.23. The molecule has 2 atom stereocenters. The molecule has 0 fully saturated rings. The minimum absolute atomic E-state index is 0.0507. The first-order valence-electron chi connectivity index (χ1n) is 5.59. The van der Waals surface area contributed by atoms with Crippen LogP contribution in [0.4, 0.5) is 0 Å². The van der Waals surface area contributed by atoms with Crippen LogP contribution < -0.4 is 0 Å². The Kier molecular flexibility index (Phi) is 3.15. The molecule has 0 bridgehead atoms. The lowest BCUT2D eigenvalue weighted by Gasteiger charge is -2.12. The molecule has 2 rings (SSSR count). The molecule has 0 saturated heterocycles. The van der Waals surface area contributed by atoms with E-state index in [0.29, 0.717) is 0 Å². The fourth-order valence-electron chi connectivity index (χ4n) is 1.68. The van der Waals surface area contributed by atoms with E-state index < -0.39 is 11.9 Å². The molecule has 90 valence electrons. The van der Waals surface area contributed by atoms with Gasteiger partial charge in [-0.2, -0.15) is 0 Å². The number of carboxylic acids is 1. The topological polar surface area (TPSA) is 50.2 Å². The highest BCUT2D eigenvalue weighted by Crippen LogP contribution is 2.32. The Hall–Kier alpha value is -1.42. The maximum absolute atomic E-state index is 11.0. The Bertz CT molecular complexity index is 562. The number of rotatable bonds is 3. The van der Waals surface area contributed by atoms with Gasteiger partial charge in [0.15, 0.2) is 0 Å². The molecule has 1 heterocycles.